The Morgan fingerprint density at radius 3 is 2.60 bits per heavy atom. The maximum atomic E-state index is 13.3. The zero-order valence-corrected chi connectivity index (χ0v) is 14.0. The minimum atomic E-state index is -1.41. The van der Waals surface area contributed by atoms with E-state index in [-0.39, 0.29) is 6.10 Å². The minimum Gasteiger partial charge on any atom is -0.459 e. The lowest BCUT2D eigenvalue weighted by Gasteiger charge is -2.45. The molecule has 1 aromatic carbocycles. The number of ether oxygens (including phenoxy) is 1. The molecule has 2 atom stereocenters. The van der Waals surface area contributed by atoms with Crippen molar-refractivity contribution in [3.05, 3.63) is 48.5 Å². The Balaban J connectivity index is 1.67. The van der Waals surface area contributed by atoms with Crippen LogP contribution in [0.5, 0.6) is 0 Å². The SMILES string of the molecule is O=C(OC1CN2CCC1CC2)C(CO)(c1ccccc1)n1cncn1. The van der Waals surface area contributed by atoms with Crippen LogP contribution in [0.15, 0.2) is 43.0 Å². The van der Waals surface area contributed by atoms with Gasteiger partial charge >= 0.3 is 5.97 Å². The molecule has 4 heterocycles. The monoisotopic (exact) mass is 342 g/mol. The molecule has 2 unspecified atom stereocenters. The molecule has 0 amide bonds. The van der Waals surface area contributed by atoms with Crippen LogP contribution in [0.25, 0.3) is 0 Å². The van der Waals surface area contributed by atoms with E-state index in [4.69, 9.17) is 4.74 Å². The number of piperidine rings is 3. The molecule has 3 fully saturated rings. The number of benzene rings is 1. The Kier molecular flexibility index (Phi) is 4.27. The first kappa shape index (κ1) is 16.2. The van der Waals surface area contributed by atoms with Crippen LogP contribution in [0.1, 0.15) is 18.4 Å². The molecular formula is C18H22N4O3. The summed E-state index contributed by atoms with van der Waals surface area (Å²) < 4.78 is 7.33. The molecule has 7 nitrogen and oxygen atoms in total. The predicted octanol–water partition coefficient (Wildman–Crippen LogP) is 0.651. The first-order chi connectivity index (χ1) is 12.2. The largest absolute Gasteiger partial charge is 0.459 e. The summed E-state index contributed by atoms with van der Waals surface area (Å²) in [6, 6.07) is 9.13. The third-order valence-electron chi connectivity index (χ3n) is 5.48. The van der Waals surface area contributed by atoms with Crippen LogP contribution in [0.4, 0.5) is 0 Å². The topological polar surface area (TPSA) is 80.5 Å². The van der Waals surface area contributed by atoms with Crippen molar-refractivity contribution in [2.45, 2.75) is 24.5 Å². The molecule has 0 saturated carbocycles. The van der Waals surface area contributed by atoms with E-state index >= 15 is 0 Å². The predicted molar refractivity (Wildman–Crippen MR) is 89.7 cm³/mol. The Labute approximate surface area is 146 Å². The van der Waals surface area contributed by atoms with Crippen molar-refractivity contribution in [1.29, 1.82) is 0 Å². The van der Waals surface area contributed by atoms with Gasteiger partial charge in [-0.25, -0.2) is 14.5 Å². The second-order valence-corrected chi connectivity index (χ2v) is 6.81. The van der Waals surface area contributed by atoms with E-state index in [0.717, 1.165) is 32.5 Å². The standard InChI is InChI=1S/C18H22N4O3/c23-11-18(22-13-19-12-20-22,15-4-2-1-3-5-15)17(24)25-16-10-21-8-6-14(16)7-9-21/h1-5,12-14,16,23H,6-11H2. The van der Waals surface area contributed by atoms with Crippen molar-refractivity contribution in [3.8, 4) is 0 Å². The Hall–Kier alpha value is -2.25. The maximum absolute atomic E-state index is 13.3. The van der Waals surface area contributed by atoms with Gasteiger partial charge in [0.25, 0.3) is 0 Å². The van der Waals surface area contributed by atoms with Crippen LogP contribution >= 0.6 is 0 Å². The number of carbonyl (C=O) groups is 1. The molecule has 1 aromatic heterocycles. The lowest BCUT2D eigenvalue weighted by atomic mass is 9.85. The van der Waals surface area contributed by atoms with Crippen LogP contribution in [0.3, 0.4) is 0 Å². The fourth-order valence-electron chi connectivity index (χ4n) is 3.97. The lowest BCUT2D eigenvalue weighted by Crippen LogP contribution is -2.55. The normalized spacial score (nSPS) is 27.6. The number of carbonyl (C=O) groups excluding carboxylic acids is 1. The third-order valence-corrected chi connectivity index (χ3v) is 5.48. The average molecular weight is 342 g/mol. The molecule has 0 aliphatic carbocycles. The van der Waals surface area contributed by atoms with Crippen molar-refractivity contribution in [2.75, 3.05) is 26.2 Å². The summed E-state index contributed by atoms with van der Waals surface area (Å²) in [7, 11) is 0. The Bertz CT molecular complexity index is 713. The second kappa shape index (κ2) is 6.57. The molecule has 0 radical (unpaired) electrons. The number of aliphatic hydroxyl groups is 1. The van der Waals surface area contributed by atoms with Crippen LogP contribution in [0, 0.1) is 5.92 Å². The molecule has 7 heteroatoms. The minimum absolute atomic E-state index is 0.131. The van der Waals surface area contributed by atoms with E-state index in [9.17, 15) is 9.90 Å². The van der Waals surface area contributed by atoms with Gasteiger partial charge in [-0.2, -0.15) is 5.10 Å². The summed E-state index contributed by atoms with van der Waals surface area (Å²) in [5.74, 6) is -0.0812. The van der Waals surface area contributed by atoms with Gasteiger partial charge in [-0.15, -0.1) is 0 Å². The molecule has 2 aromatic rings. The molecule has 2 bridgehead atoms. The average Bonchev–Trinajstić information content (AvgIpc) is 3.20. The van der Waals surface area contributed by atoms with Crippen molar-refractivity contribution < 1.29 is 14.6 Å². The number of aliphatic hydroxyl groups excluding tert-OH is 1. The van der Waals surface area contributed by atoms with Crippen molar-refractivity contribution in [2.24, 2.45) is 5.92 Å². The molecule has 132 valence electrons. The highest BCUT2D eigenvalue weighted by atomic mass is 16.5. The van der Waals surface area contributed by atoms with Crippen molar-refractivity contribution in [3.63, 3.8) is 0 Å². The third kappa shape index (κ3) is 2.73. The van der Waals surface area contributed by atoms with Gasteiger partial charge in [0.05, 0.1) is 6.61 Å². The first-order valence-corrected chi connectivity index (χ1v) is 8.69. The van der Waals surface area contributed by atoms with Crippen LogP contribution < -0.4 is 0 Å². The van der Waals surface area contributed by atoms with E-state index < -0.39 is 18.1 Å². The number of nitrogens with zero attached hydrogens (tertiary/aromatic N) is 4. The zero-order chi connectivity index (χ0) is 17.3. The number of fused-ring (bicyclic) bond motifs is 3. The molecule has 5 rings (SSSR count). The van der Waals surface area contributed by atoms with E-state index in [1.165, 1.54) is 17.3 Å². The summed E-state index contributed by atoms with van der Waals surface area (Å²) in [4.78, 5) is 19.5. The number of rotatable bonds is 5. The zero-order valence-electron chi connectivity index (χ0n) is 14.0. The molecule has 1 N–H and O–H groups in total. The summed E-state index contributed by atoms with van der Waals surface area (Å²) in [5, 5.41) is 14.4. The van der Waals surface area contributed by atoms with E-state index in [1.807, 2.05) is 18.2 Å². The fraction of sp³-hybridized carbons (Fsp3) is 0.500. The molecule has 3 aliphatic rings. The van der Waals surface area contributed by atoms with Gasteiger partial charge in [0.1, 0.15) is 18.8 Å². The van der Waals surface area contributed by atoms with Gasteiger partial charge in [0.2, 0.25) is 5.54 Å². The summed E-state index contributed by atoms with van der Waals surface area (Å²) in [6.07, 6.45) is 4.78. The number of hydrogen-bond acceptors (Lipinski definition) is 6. The smallest absolute Gasteiger partial charge is 0.341 e. The summed E-state index contributed by atoms with van der Waals surface area (Å²) in [5.41, 5.74) is -0.779. The van der Waals surface area contributed by atoms with E-state index in [0.29, 0.717) is 11.5 Å². The highest BCUT2D eigenvalue weighted by Gasteiger charge is 2.47. The summed E-state index contributed by atoms with van der Waals surface area (Å²) >= 11 is 0. The second-order valence-electron chi connectivity index (χ2n) is 6.81. The Morgan fingerprint density at radius 1 is 1.28 bits per heavy atom. The molecule has 25 heavy (non-hydrogen) atoms. The lowest BCUT2D eigenvalue weighted by molar-refractivity contribution is -0.170. The van der Waals surface area contributed by atoms with Gasteiger partial charge in [0, 0.05) is 6.54 Å². The number of hydrogen-bond donors (Lipinski definition) is 1. The van der Waals surface area contributed by atoms with Crippen LogP contribution in [-0.4, -0.2) is 63.1 Å². The van der Waals surface area contributed by atoms with Crippen LogP contribution in [-0.2, 0) is 15.1 Å². The van der Waals surface area contributed by atoms with Gasteiger partial charge < -0.3 is 9.84 Å². The van der Waals surface area contributed by atoms with Gasteiger partial charge in [-0.1, -0.05) is 30.3 Å². The van der Waals surface area contributed by atoms with E-state index in [2.05, 4.69) is 15.0 Å². The fourth-order valence-corrected chi connectivity index (χ4v) is 3.97. The quantitative estimate of drug-likeness (QED) is 0.804. The highest BCUT2D eigenvalue weighted by Crippen LogP contribution is 2.33. The van der Waals surface area contributed by atoms with Gasteiger partial charge in [-0.05, 0) is 37.4 Å². The van der Waals surface area contributed by atoms with Gasteiger partial charge in [-0.3, -0.25) is 4.90 Å². The van der Waals surface area contributed by atoms with Crippen molar-refractivity contribution >= 4 is 5.97 Å². The number of aromatic nitrogens is 3. The molecular weight excluding hydrogens is 320 g/mol. The van der Waals surface area contributed by atoms with Crippen molar-refractivity contribution in [1.82, 2.24) is 19.7 Å². The molecule has 3 aliphatic heterocycles. The van der Waals surface area contributed by atoms with Crippen LogP contribution in [0.2, 0.25) is 0 Å². The Morgan fingerprint density at radius 2 is 2.04 bits per heavy atom. The molecule has 0 spiro atoms. The maximum Gasteiger partial charge on any atom is 0.341 e. The molecule has 3 saturated heterocycles. The summed E-state index contributed by atoms with van der Waals surface area (Å²) in [6.45, 7) is 2.47. The van der Waals surface area contributed by atoms with E-state index in [1.54, 1.807) is 12.1 Å². The highest BCUT2D eigenvalue weighted by molar-refractivity contribution is 5.83. The number of esters is 1. The first-order valence-electron chi connectivity index (χ1n) is 8.69. The van der Waals surface area contributed by atoms with Gasteiger partial charge in [0.15, 0.2) is 0 Å².